The number of halogens is 3. The van der Waals surface area contributed by atoms with Crippen molar-refractivity contribution < 1.29 is 9.90 Å². The number of carbonyl (C=O) groups is 1. The lowest BCUT2D eigenvalue weighted by Gasteiger charge is -2.35. The van der Waals surface area contributed by atoms with Crippen molar-refractivity contribution in [3.63, 3.8) is 0 Å². The maximum absolute atomic E-state index is 12.1. The van der Waals surface area contributed by atoms with E-state index < -0.39 is 6.04 Å². The fourth-order valence-corrected chi connectivity index (χ4v) is 3.90. The van der Waals surface area contributed by atoms with E-state index in [4.69, 9.17) is 45.6 Å². The first-order chi connectivity index (χ1) is 14.3. The summed E-state index contributed by atoms with van der Waals surface area (Å²) in [6.07, 6.45) is 1.54. The Labute approximate surface area is 189 Å². The molecule has 30 heavy (non-hydrogen) atoms. The molecule has 0 unspecified atom stereocenters. The number of hydrogen-bond donors (Lipinski definition) is 3. The highest BCUT2D eigenvalue weighted by Crippen LogP contribution is 2.30. The fourth-order valence-electron chi connectivity index (χ4n) is 3.19. The number of nitrogens with two attached hydrogens (primary N) is 1. The number of aliphatic hydroxyl groups excluding tert-OH is 1. The first-order valence-electron chi connectivity index (χ1n) is 9.44. The summed E-state index contributed by atoms with van der Waals surface area (Å²) < 4.78 is 0. The highest BCUT2D eigenvalue weighted by molar-refractivity contribution is 6.35. The quantitative estimate of drug-likeness (QED) is 0.592. The summed E-state index contributed by atoms with van der Waals surface area (Å²) in [7, 11) is 0. The summed E-state index contributed by atoms with van der Waals surface area (Å²) in [5, 5.41) is 13.8. The summed E-state index contributed by atoms with van der Waals surface area (Å²) in [4.78, 5) is 24.6. The van der Waals surface area contributed by atoms with Gasteiger partial charge in [-0.2, -0.15) is 4.98 Å². The molecule has 1 saturated heterocycles. The molecule has 2 heterocycles. The van der Waals surface area contributed by atoms with E-state index in [2.05, 4.69) is 15.3 Å². The van der Waals surface area contributed by atoms with Crippen LogP contribution in [0.5, 0.6) is 0 Å². The van der Waals surface area contributed by atoms with Crippen molar-refractivity contribution in [2.75, 3.05) is 43.0 Å². The van der Waals surface area contributed by atoms with Crippen molar-refractivity contribution in [1.82, 2.24) is 14.9 Å². The molecule has 162 valence electrons. The molecule has 1 aromatic heterocycles. The van der Waals surface area contributed by atoms with Gasteiger partial charge in [0.15, 0.2) is 5.82 Å². The zero-order valence-corrected chi connectivity index (χ0v) is 18.6. The van der Waals surface area contributed by atoms with E-state index in [9.17, 15) is 4.79 Å². The van der Waals surface area contributed by atoms with Crippen LogP contribution in [0, 0.1) is 0 Å². The Balaban J connectivity index is 1.69. The van der Waals surface area contributed by atoms with Crippen LogP contribution in [0.4, 0.5) is 11.8 Å². The van der Waals surface area contributed by atoms with Gasteiger partial charge in [-0.1, -0.05) is 40.9 Å². The van der Waals surface area contributed by atoms with Gasteiger partial charge in [-0.3, -0.25) is 4.79 Å². The lowest BCUT2D eigenvalue weighted by Crippen LogP contribution is -2.54. The minimum absolute atomic E-state index is 0.163. The standard InChI is InChI=1S/C19H23Cl3N6O2/c1-11(13-3-2-12(20)8-14(13)21)25-17-15(22)9-24-19(26-17)28-6-4-27(5-7-28)18(30)16(23)10-29/h2-3,8-9,11,16,29H,4-7,10,23H2,1H3,(H,24,25,26)/t11-,16-/m1/s1. The number of rotatable bonds is 6. The molecule has 0 radical (unpaired) electrons. The van der Waals surface area contributed by atoms with Crippen LogP contribution in [0.3, 0.4) is 0 Å². The number of nitrogens with one attached hydrogen (secondary N) is 1. The Morgan fingerprint density at radius 3 is 2.57 bits per heavy atom. The summed E-state index contributed by atoms with van der Waals surface area (Å²) in [5.74, 6) is 0.737. The number of aliphatic hydroxyl groups is 1. The van der Waals surface area contributed by atoms with Crippen molar-refractivity contribution in [3.05, 3.63) is 45.0 Å². The maximum atomic E-state index is 12.1. The molecule has 1 amide bonds. The van der Waals surface area contributed by atoms with Crippen LogP contribution in [0.25, 0.3) is 0 Å². The first-order valence-corrected chi connectivity index (χ1v) is 10.6. The van der Waals surface area contributed by atoms with E-state index in [0.29, 0.717) is 53.0 Å². The smallest absolute Gasteiger partial charge is 0.241 e. The monoisotopic (exact) mass is 472 g/mol. The normalized spacial score (nSPS) is 16.3. The van der Waals surface area contributed by atoms with E-state index in [-0.39, 0.29) is 18.6 Å². The Bertz CT molecular complexity index is 908. The zero-order valence-electron chi connectivity index (χ0n) is 16.4. The van der Waals surface area contributed by atoms with Gasteiger partial charge in [0.25, 0.3) is 0 Å². The summed E-state index contributed by atoms with van der Waals surface area (Å²) in [5.41, 5.74) is 6.49. The molecule has 0 aliphatic carbocycles. The molecular weight excluding hydrogens is 451 g/mol. The van der Waals surface area contributed by atoms with E-state index in [1.54, 1.807) is 23.2 Å². The largest absolute Gasteiger partial charge is 0.394 e. The second-order valence-electron chi connectivity index (χ2n) is 7.00. The topological polar surface area (TPSA) is 108 Å². The second-order valence-corrected chi connectivity index (χ2v) is 8.25. The van der Waals surface area contributed by atoms with E-state index >= 15 is 0 Å². The first kappa shape index (κ1) is 22.8. The van der Waals surface area contributed by atoms with Crippen LogP contribution >= 0.6 is 34.8 Å². The summed E-state index contributed by atoms with van der Waals surface area (Å²) >= 11 is 18.6. The maximum Gasteiger partial charge on any atom is 0.241 e. The Hall–Kier alpha value is -1.84. The van der Waals surface area contributed by atoms with Crippen LogP contribution < -0.4 is 16.0 Å². The van der Waals surface area contributed by atoms with Crippen LogP contribution in [-0.2, 0) is 4.79 Å². The Morgan fingerprint density at radius 2 is 1.93 bits per heavy atom. The summed E-state index contributed by atoms with van der Waals surface area (Å²) in [6.45, 7) is 3.61. The molecule has 0 spiro atoms. The van der Waals surface area contributed by atoms with Crippen LogP contribution in [0.2, 0.25) is 15.1 Å². The zero-order chi connectivity index (χ0) is 21.8. The number of hydrogen-bond acceptors (Lipinski definition) is 7. The van der Waals surface area contributed by atoms with Crippen molar-refractivity contribution in [3.8, 4) is 0 Å². The number of nitrogens with zero attached hydrogens (tertiary/aromatic N) is 4. The molecule has 0 saturated carbocycles. The van der Waals surface area contributed by atoms with Gasteiger partial charge in [0, 0.05) is 36.2 Å². The predicted octanol–water partition coefficient (Wildman–Crippen LogP) is 2.58. The van der Waals surface area contributed by atoms with Gasteiger partial charge in [0.1, 0.15) is 11.1 Å². The van der Waals surface area contributed by atoms with Gasteiger partial charge in [-0.05, 0) is 24.6 Å². The molecule has 2 atom stereocenters. The van der Waals surface area contributed by atoms with Crippen molar-refractivity contribution >= 4 is 52.5 Å². The number of anilines is 2. The molecule has 3 rings (SSSR count). The number of piperazine rings is 1. The highest BCUT2D eigenvalue weighted by atomic mass is 35.5. The highest BCUT2D eigenvalue weighted by Gasteiger charge is 2.26. The van der Waals surface area contributed by atoms with E-state index in [1.165, 1.54) is 0 Å². The summed E-state index contributed by atoms with van der Waals surface area (Å²) in [6, 6.07) is 4.26. The molecule has 1 aliphatic rings. The lowest BCUT2D eigenvalue weighted by atomic mass is 10.1. The Kier molecular flexibility index (Phi) is 7.60. The third-order valence-corrected chi connectivity index (χ3v) is 5.74. The predicted molar refractivity (Wildman–Crippen MR) is 119 cm³/mol. The molecule has 8 nitrogen and oxygen atoms in total. The minimum atomic E-state index is -0.889. The second kappa shape index (κ2) is 9.98. The SMILES string of the molecule is C[C@@H](Nc1nc(N2CCN(C(=O)[C@H](N)CO)CC2)ncc1Cl)c1ccc(Cl)cc1Cl. The third-order valence-electron chi connectivity index (χ3n) is 4.90. The fraction of sp³-hybridized carbons (Fsp3) is 0.421. The van der Waals surface area contributed by atoms with Crippen LogP contribution in [0.15, 0.2) is 24.4 Å². The van der Waals surface area contributed by atoms with E-state index in [1.807, 2.05) is 17.9 Å². The van der Waals surface area contributed by atoms with E-state index in [0.717, 1.165) is 5.56 Å². The number of aromatic nitrogens is 2. The third kappa shape index (κ3) is 5.25. The minimum Gasteiger partial charge on any atom is -0.394 e. The van der Waals surface area contributed by atoms with Gasteiger partial charge in [-0.15, -0.1) is 0 Å². The molecule has 1 aliphatic heterocycles. The van der Waals surface area contributed by atoms with Crippen LogP contribution in [-0.4, -0.2) is 64.7 Å². The Morgan fingerprint density at radius 1 is 1.23 bits per heavy atom. The number of amides is 1. The van der Waals surface area contributed by atoms with Crippen molar-refractivity contribution in [2.45, 2.75) is 19.0 Å². The molecule has 11 heteroatoms. The molecule has 1 aromatic carbocycles. The molecule has 1 fully saturated rings. The number of benzene rings is 1. The molecule has 4 N–H and O–H groups in total. The van der Waals surface area contributed by atoms with Gasteiger partial charge in [0.05, 0.1) is 18.8 Å². The van der Waals surface area contributed by atoms with Crippen LogP contribution in [0.1, 0.15) is 18.5 Å². The molecule has 2 aromatic rings. The number of carbonyl (C=O) groups excluding carboxylic acids is 1. The van der Waals surface area contributed by atoms with Gasteiger partial charge < -0.3 is 26.0 Å². The van der Waals surface area contributed by atoms with Crippen molar-refractivity contribution in [1.29, 1.82) is 0 Å². The van der Waals surface area contributed by atoms with Gasteiger partial charge in [-0.25, -0.2) is 4.98 Å². The lowest BCUT2D eigenvalue weighted by molar-refractivity contribution is -0.133. The van der Waals surface area contributed by atoms with Gasteiger partial charge in [0.2, 0.25) is 11.9 Å². The average molecular weight is 474 g/mol. The molecule has 0 bridgehead atoms. The molecular formula is C19H23Cl3N6O2. The average Bonchev–Trinajstić information content (AvgIpc) is 2.74. The van der Waals surface area contributed by atoms with Gasteiger partial charge >= 0.3 is 0 Å². The van der Waals surface area contributed by atoms with Crippen molar-refractivity contribution in [2.24, 2.45) is 5.73 Å².